The molecular formula is C16H25N. The van der Waals surface area contributed by atoms with Gasteiger partial charge in [0, 0.05) is 6.04 Å². The molecule has 2 N–H and O–H groups in total. The first kappa shape index (κ1) is 12.6. The van der Waals surface area contributed by atoms with Crippen LogP contribution in [0.15, 0.2) is 24.3 Å². The predicted octanol–water partition coefficient (Wildman–Crippen LogP) is 4.53. The van der Waals surface area contributed by atoms with Gasteiger partial charge in [0.25, 0.3) is 0 Å². The van der Waals surface area contributed by atoms with Gasteiger partial charge in [0.15, 0.2) is 0 Å². The van der Waals surface area contributed by atoms with Crippen LogP contribution in [0.25, 0.3) is 0 Å². The second kappa shape index (κ2) is 6.20. The Labute approximate surface area is 105 Å². The van der Waals surface area contributed by atoms with Crippen LogP contribution in [0, 0.1) is 0 Å². The van der Waals surface area contributed by atoms with Crippen LogP contribution in [0.2, 0.25) is 0 Å². The Bertz CT molecular complexity index is 322. The van der Waals surface area contributed by atoms with Gasteiger partial charge in [-0.2, -0.15) is 0 Å². The summed E-state index contributed by atoms with van der Waals surface area (Å²) in [5.74, 6) is 0.806. The molecule has 1 aliphatic rings. The minimum absolute atomic E-state index is 0.223. The van der Waals surface area contributed by atoms with Gasteiger partial charge in [-0.05, 0) is 36.3 Å². The molecule has 1 heteroatoms. The molecule has 1 saturated carbocycles. The van der Waals surface area contributed by atoms with E-state index < -0.39 is 0 Å². The Morgan fingerprint density at radius 1 is 1.12 bits per heavy atom. The normalized spacial score (nSPS) is 19.2. The SMILES string of the molecule is CCC[C@@H](N)c1ccc(C2CCCCC2)cc1. The van der Waals surface area contributed by atoms with Crippen LogP contribution in [-0.2, 0) is 0 Å². The number of nitrogens with two attached hydrogens (primary N) is 1. The fourth-order valence-electron chi connectivity index (χ4n) is 2.93. The third-order valence-electron chi connectivity index (χ3n) is 4.04. The van der Waals surface area contributed by atoms with E-state index in [0.717, 1.165) is 18.8 Å². The highest BCUT2D eigenvalue weighted by molar-refractivity contribution is 5.27. The van der Waals surface area contributed by atoms with Crippen LogP contribution >= 0.6 is 0 Å². The second-order valence-electron chi connectivity index (χ2n) is 5.40. The maximum absolute atomic E-state index is 6.13. The monoisotopic (exact) mass is 231 g/mol. The lowest BCUT2D eigenvalue weighted by Crippen LogP contribution is -2.10. The minimum Gasteiger partial charge on any atom is -0.324 e. The molecule has 0 radical (unpaired) electrons. The fourth-order valence-corrected chi connectivity index (χ4v) is 2.93. The van der Waals surface area contributed by atoms with Crippen LogP contribution < -0.4 is 5.73 Å². The quantitative estimate of drug-likeness (QED) is 0.809. The smallest absolute Gasteiger partial charge is 0.0294 e. The molecule has 1 aliphatic carbocycles. The topological polar surface area (TPSA) is 26.0 Å². The van der Waals surface area contributed by atoms with E-state index in [9.17, 15) is 0 Å². The second-order valence-corrected chi connectivity index (χ2v) is 5.40. The van der Waals surface area contributed by atoms with E-state index in [2.05, 4.69) is 31.2 Å². The Balaban J connectivity index is 2.01. The molecule has 1 nitrogen and oxygen atoms in total. The van der Waals surface area contributed by atoms with Crippen molar-refractivity contribution in [2.45, 2.75) is 63.8 Å². The van der Waals surface area contributed by atoms with E-state index in [1.165, 1.54) is 43.2 Å². The molecule has 0 saturated heterocycles. The van der Waals surface area contributed by atoms with E-state index in [4.69, 9.17) is 5.73 Å². The van der Waals surface area contributed by atoms with Gasteiger partial charge in [-0.15, -0.1) is 0 Å². The maximum atomic E-state index is 6.13. The summed E-state index contributed by atoms with van der Waals surface area (Å²) in [7, 11) is 0. The highest BCUT2D eigenvalue weighted by atomic mass is 14.6. The number of hydrogen-bond donors (Lipinski definition) is 1. The molecule has 1 fully saturated rings. The molecule has 0 unspecified atom stereocenters. The highest BCUT2D eigenvalue weighted by Gasteiger charge is 2.15. The van der Waals surface area contributed by atoms with Crippen molar-refractivity contribution < 1.29 is 0 Å². The van der Waals surface area contributed by atoms with Crippen molar-refractivity contribution >= 4 is 0 Å². The summed E-state index contributed by atoms with van der Waals surface area (Å²) < 4.78 is 0. The van der Waals surface area contributed by atoms with Gasteiger partial charge in [-0.3, -0.25) is 0 Å². The first-order chi connectivity index (χ1) is 8.31. The van der Waals surface area contributed by atoms with Crippen LogP contribution in [0.5, 0.6) is 0 Å². The van der Waals surface area contributed by atoms with Crippen molar-refractivity contribution in [2.24, 2.45) is 5.73 Å². The molecule has 0 spiro atoms. The molecule has 0 aromatic heterocycles. The van der Waals surface area contributed by atoms with E-state index in [-0.39, 0.29) is 6.04 Å². The third-order valence-corrected chi connectivity index (χ3v) is 4.04. The summed E-state index contributed by atoms with van der Waals surface area (Å²) in [5, 5.41) is 0. The van der Waals surface area contributed by atoms with Gasteiger partial charge in [0.05, 0.1) is 0 Å². The Morgan fingerprint density at radius 2 is 1.76 bits per heavy atom. The molecule has 2 rings (SSSR count). The molecule has 0 bridgehead atoms. The van der Waals surface area contributed by atoms with E-state index >= 15 is 0 Å². The Kier molecular flexibility index (Phi) is 4.61. The average molecular weight is 231 g/mol. The molecule has 1 aromatic carbocycles. The average Bonchev–Trinajstić information content (AvgIpc) is 2.40. The molecule has 0 heterocycles. The van der Waals surface area contributed by atoms with Gasteiger partial charge in [0.1, 0.15) is 0 Å². The van der Waals surface area contributed by atoms with Crippen molar-refractivity contribution in [1.82, 2.24) is 0 Å². The zero-order valence-corrected chi connectivity index (χ0v) is 11.0. The maximum Gasteiger partial charge on any atom is 0.0294 e. The first-order valence-electron chi connectivity index (χ1n) is 7.16. The van der Waals surface area contributed by atoms with Gasteiger partial charge in [-0.1, -0.05) is 56.9 Å². The molecule has 1 aromatic rings. The summed E-state index contributed by atoms with van der Waals surface area (Å²) in [6, 6.07) is 9.32. The predicted molar refractivity (Wildman–Crippen MR) is 74.1 cm³/mol. The standard InChI is InChI=1S/C16H25N/c1-2-6-16(17)15-11-9-14(10-12-15)13-7-4-3-5-8-13/h9-13,16H,2-8,17H2,1H3/t16-/m1/s1. The molecule has 0 amide bonds. The summed E-state index contributed by atoms with van der Waals surface area (Å²) >= 11 is 0. The van der Waals surface area contributed by atoms with Gasteiger partial charge < -0.3 is 5.73 Å². The molecule has 1 atom stereocenters. The fraction of sp³-hybridized carbons (Fsp3) is 0.625. The van der Waals surface area contributed by atoms with Crippen LogP contribution in [-0.4, -0.2) is 0 Å². The summed E-state index contributed by atoms with van der Waals surface area (Å²) in [4.78, 5) is 0. The largest absolute Gasteiger partial charge is 0.324 e. The van der Waals surface area contributed by atoms with Crippen molar-refractivity contribution in [3.63, 3.8) is 0 Å². The van der Waals surface area contributed by atoms with Crippen LogP contribution in [0.1, 0.15) is 75.0 Å². The summed E-state index contributed by atoms with van der Waals surface area (Å²) in [5.41, 5.74) is 8.96. The van der Waals surface area contributed by atoms with Crippen molar-refractivity contribution in [1.29, 1.82) is 0 Å². The van der Waals surface area contributed by atoms with Crippen molar-refractivity contribution in [3.05, 3.63) is 35.4 Å². The van der Waals surface area contributed by atoms with Crippen molar-refractivity contribution in [3.8, 4) is 0 Å². The lowest BCUT2D eigenvalue weighted by molar-refractivity contribution is 0.443. The molecule has 94 valence electrons. The third kappa shape index (κ3) is 3.32. The molecule has 17 heavy (non-hydrogen) atoms. The van der Waals surface area contributed by atoms with E-state index in [1.54, 1.807) is 0 Å². The zero-order chi connectivity index (χ0) is 12.1. The lowest BCUT2D eigenvalue weighted by atomic mass is 9.83. The summed E-state index contributed by atoms with van der Waals surface area (Å²) in [6.45, 7) is 2.19. The Morgan fingerprint density at radius 3 is 2.35 bits per heavy atom. The van der Waals surface area contributed by atoms with Gasteiger partial charge in [0.2, 0.25) is 0 Å². The Hall–Kier alpha value is -0.820. The number of hydrogen-bond acceptors (Lipinski definition) is 1. The van der Waals surface area contributed by atoms with Gasteiger partial charge >= 0.3 is 0 Å². The zero-order valence-electron chi connectivity index (χ0n) is 11.0. The van der Waals surface area contributed by atoms with Crippen LogP contribution in [0.4, 0.5) is 0 Å². The van der Waals surface area contributed by atoms with Crippen molar-refractivity contribution in [2.75, 3.05) is 0 Å². The highest BCUT2D eigenvalue weighted by Crippen LogP contribution is 2.33. The van der Waals surface area contributed by atoms with Crippen LogP contribution in [0.3, 0.4) is 0 Å². The van der Waals surface area contributed by atoms with E-state index in [1.807, 2.05) is 0 Å². The molecule has 0 aliphatic heterocycles. The number of benzene rings is 1. The number of rotatable bonds is 4. The summed E-state index contributed by atoms with van der Waals surface area (Å²) in [6.07, 6.45) is 9.23. The van der Waals surface area contributed by atoms with E-state index in [0.29, 0.717) is 0 Å². The first-order valence-corrected chi connectivity index (χ1v) is 7.16. The lowest BCUT2D eigenvalue weighted by Gasteiger charge is -2.22. The molecular weight excluding hydrogens is 206 g/mol. The van der Waals surface area contributed by atoms with Gasteiger partial charge in [-0.25, -0.2) is 0 Å². The minimum atomic E-state index is 0.223.